The fourth-order valence-electron chi connectivity index (χ4n) is 2.99. The Morgan fingerprint density at radius 3 is 2.52 bits per heavy atom. The molecule has 0 spiro atoms. The highest BCUT2D eigenvalue weighted by Crippen LogP contribution is 2.23. The molecule has 1 saturated heterocycles. The van der Waals surface area contributed by atoms with Crippen molar-refractivity contribution in [3.05, 3.63) is 42.5 Å². The third-order valence-electron chi connectivity index (χ3n) is 4.44. The minimum Gasteiger partial charge on any atom is -0.392 e. The third kappa shape index (κ3) is 3.80. The molecule has 3 rings (SSSR count). The highest BCUT2D eigenvalue weighted by molar-refractivity contribution is 7.83. The van der Waals surface area contributed by atoms with E-state index < -0.39 is 11.0 Å². The van der Waals surface area contributed by atoms with Gasteiger partial charge < -0.3 is 5.11 Å². The maximum absolute atomic E-state index is 13.0. The van der Waals surface area contributed by atoms with Gasteiger partial charge in [-0.05, 0) is 23.3 Å². The summed E-state index contributed by atoms with van der Waals surface area (Å²) < 4.78 is 15.0. The van der Waals surface area contributed by atoms with E-state index in [-0.39, 0.29) is 6.10 Å². The molecule has 4 nitrogen and oxygen atoms in total. The Morgan fingerprint density at radius 2 is 1.78 bits per heavy atom. The smallest absolute Gasteiger partial charge is 0.128 e. The first-order chi connectivity index (χ1) is 11.2. The Kier molecular flexibility index (Phi) is 5.43. The fraction of sp³-hybridized carbons (Fsp3) is 0.444. The molecule has 0 saturated carbocycles. The molecule has 0 bridgehead atoms. The van der Waals surface area contributed by atoms with Crippen LogP contribution in [0.3, 0.4) is 0 Å². The number of hydrogen-bond donors (Lipinski definition) is 1. The van der Waals surface area contributed by atoms with E-state index in [1.807, 2.05) is 41.6 Å². The Morgan fingerprint density at radius 1 is 1.09 bits per heavy atom. The Balaban J connectivity index is 1.70. The highest BCUT2D eigenvalue weighted by atomic mass is 32.2. The summed E-state index contributed by atoms with van der Waals surface area (Å²) in [5.41, 5.74) is 0. The molecule has 2 aromatic rings. The number of aliphatic hydroxyl groups excluding tert-OH is 1. The standard InChI is InChI=1S/C18H24N2O2S/c1-2-16(21)14-19-10-12-20(13-11-19)23(22)18-9-5-7-15-6-3-4-8-17(15)18/h3-9,16,21H,2,10-14H2,1H3. The highest BCUT2D eigenvalue weighted by Gasteiger charge is 2.23. The first-order valence-electron chi connectivity index (χ1n) is 8.24. The van der Waals surface area contributed by atoms with Crippen molar-refractivity contribution >= 4 is 21.8 Å². The summed E-state index contributed by atoms with van der Waals surface area (Å²) in [6, 6.07) is 14.1. The molecule has 1 heterocycles. The van der Waals surface area contributed by atoms with Crippen molar-refractivity contribution in [1.29, 1.82) is 0 Å². The minimum atomic E-state index is -1.13. The molecule has 1 fully saturated rings. The van der Waals surface area contributed by atoms with Gasteiger partial charge in [-0.25, -0.2) is 8.51 Å². The van der Waals surface area contributed by atoms with Crippen molar-refractivity contribution < 1.29 is 9.32 Å². The number of rotatable bonds is 5. The van der Waals surface area contributed by atoms with Crippen LogP contribution in [0.2, 0.25) is 0 Å². The van der Waals surface area contributed by atoms with Gasteiger partial charge in [0.2, 0.25) is 0 Å². The van der Waals surface area contributed by atoms with E-state index >= 15 is 0 Å². The van der Waals surface area contributed by atoms with E-state index in [9.17, 15) is 9.32 Å². The SMILES string of the molecule is CCC(O)CN1CCN(S(=O)c2cccc3ccccc23)CC1. The van der Waals surface area contributed by atoms with Crippen molar-refractivity contribution in [3.8, 4) is 0 Å². The molecule has 2 aromatic carbocycles. The molecule has 0 amide bonds. The van der Waals surface area contributed by atoms with Crippen molar-refractivity contribution in [3.63, 3.8) is 0 Å². The molecule has 2 unspecified atom stereocenters. The summed E-state index contributed by atoms with van der Waals surface area (Å²) in [4.78, 5) is 3.15. The zero-order valence-corrected chi connectivity index (χ0v) is 14.3. The lowest BCUT2D eigenvalue weighted by molar-refractivity contribution is 0.0905. The number of piperazine rings is 1. The van der Waals surface area contributed by atoms with Gasteiger partial charge in [0.1, 0.15) is 11.0 Å². The Labute approximate surface area is 140 Å². The van der Waals surface area contributed by atoms with Crippen LogP contribution in [-0.2, 0) is 11.0 Å². The van der Waals surface area contributed by atoms with Crippen LogP contribution in [0.1, 0.15) is 13.3 Å². The number of benzene rings is 2. The van der Waals surface area contributed by atoms with Gasteiger partial charge >= 0.3 is 0 Å². The average molecular weight is 332 g/mol. The van der Waals surface area contributed by atoms with Crippen LogP contribution in [0.4, 0.5) is 0 Å². The van der Waals surface area contributed by atoms with E-state index in [2.05, 4.69) is 17.0 Å². The first kappa shape index (κ1) is 16.6. The summed E-state index contributed by atoms with van der Waals surface area (Å²) in [7, 11) is -1.13. The molecular weight excluding hydrogens is 308 g/mol. The molecule has 0 radical (unpaired) electrons. The molecule has 124 valence electrons. The van der Waals surface area contributed by atoms with E-state index in [0.717, 1.165) is 48.3 Å². The predicted octanol–water partition coefficient (Wildman–Crippen LogP) is 2.25. The van der Waals surface area contributed by atoms with Gasteiger partial charge in [0.15, 0.2) is 0 Å². The van der Waals surface area contributed by atoms with Crippen LogP contribution >= 0.6 is 0 Å². The van der Waals surface area contributed by atoms with Crippen molar-refractivity contribution in [1.82, 2.24) is 9.21 Å². The average Bonchev–Trinajstić information content (AvgIpc) is 2.61. The molecule has 23 heavy (non-hydrogen) atoms. The van der Waals surface area contributed by atoms with Crippen LogP contribution in [0.5, 0.6) is 0 Å². The van der Waals surface area contributed by atoms with Crippen LogP contribution in [-0.4, -0.2) is 57.3 Å². The van der Waals surface area contributed by atoms with Gasteiger partial charge in [0.25, 0.3) is 0 Å². The zero-order chi connectivity index (χ0) is 16.2. The summed E-state index contributed by atoms with van der Waals surface area (Å²) in [6.07, 6.45) is 0.521. The number of fused-ring (bicyclic) bond motifs is 1. The van der Waals surface area contributed by atoms with Crippen LogP contribution in [0, 0.1) is 0 Å². The lowest BCUT2D eigenvalue weighted by Crippen LogP contribution is -2.48. The molecule has 0 aromatic heterocycles. The second-order valence-corrected chi connectivity index (χ2v) is 7.47. The van der Waals surface area contributed by atoms with E-state index in [1.54, 1.807) is 0 Å². The van der Waals surface area contributed by atoms with Crippen LogP contribution in [0.15, 0.2) is 47.4 Å². The minimum absolute atomic E-state index is 0.259. The predicted molar refractivity (Wildman–Crippen MR) is 94.7 cm³/mol. The first-order valence-corrected chi connectivity index (χ1v) is 9.34. The number of nitrogens with zero attached hydrogens (tertiary/aromatic N) is 2. The Hall–Kier alpha value is -1.27. The third-order valence-corrected chi connectivity index (χ3v) is 6.01. The monoisotopic (exact) mass is 332 g/mol. The lowest BCUT2D eigenvalue weighted by Gasteiger charge is -2.34. The second-order valence-electron chi connectivity index (χ2n) is 6.02. The zero-order valence-electron chi connectivity index (χ0n) is 13.5. The van der Waals surface area contributed by atoms with Crippen LogP contribution < -0.4 is 0 Å². The van der Waals surface area contributed by atoms with Gasteiger partial charge in [0.05, 0.1) is 11.0 Å². The molecule has 1 aliphatic heterocycles. The summed E-state index contributed by atoms with van der Waals surface area (Å²) in [6.45, 7) is 5.96. The molecular formula is C18H24N2O2S. The largest absolute Gasteiger partial charge is 0.392 e. The summed E-state index contributed by atoms with van der Waals surface area (Å²) in [5.74, 6) is 0. The molecule has 2 atom stereocenters. The molecule has 1 aliphatic rings. The van der Waals surface area contributed by atoms with Crippen molar-refractivity contribution in [2.75, 3.05) is 32.7 Å². The van der Waals surface area contributed by atoms with Crippen LogP contribution in [0.25, 0.3) is 10.8 Å². The fourth-order valence-corrected chi connectivity index (χ4v) is 4.33. The van der Waals surface area contributed by atoms with E-state index in [4.69, 9.17) is 0 Å². The van der Waals surface area contributed by atoms with E-state index in [0.29, 0.717) is 6.54 Å². The van der Waals surface area contributed by atoms with Gasteiger partial charge in [0, 0.05) is 32.7 Å². The molecule has 5 heteroatoms. The number of aliphatic hydroxyl groups is 1. The number of β-amino-alcohol motifs (C(OH)–C–C–N with tert-alkyl or cyclic N) is 1. The quantitative estimate of drug-likeness (QED) is 0.913. The van der Waals surface area contributed by atoms with Crippen molar-refractivity contribution in [2.45, 2.75) is 24.3 Å². The lowest BCUT2D eigenvalue weighted by atomic mass is 10.1. The topological polar surface area (TPSA) is 43.8 Å². The molecule has 1 N–H and O–H groups in total. The second kappa shape index (κ2) is 7.53. The normalized spacial score (nSPS) is 19.7. The van der Waals surface area contributed by atoms with E-state index in [1.165, 1.54) is 0 Å². The summed E-state index contributed by atoms with van der Waals surface area (Å²) >= 11 is 0. The maximum Gasteiger partial charge on any atom is 0.128 e. The Bertz CT molecular complexity index is 678. The van der Waals surface area contributed by atoms with Gasteiger partial charge in [-0.2, -0.15) is 0 Å². The van der Waals surface area contributed by atoms with Gasteiger partial charge in [-0.1, -0.05) is 43.3 Å². The van der Waals surface area contributed by atoms with Crippen molar-refractivity contribution in [2.24, 2.45) is 0 Å². The summed E-state index contributed by atoms with van der Waals surface area (Å²) in [5, 5.41) is 12.0. The van der Waals surface area contributed by atoms with Gasteiger partial charge in [-0.3, -0.25) is 4.90 Å². The maximum atomic E-state index is 13.0. The van der Waals surface area contributed by atoms with Gasteiger partial charge in [-0.15, -0.1) is 0 Å². The molecule has 0 aliphatic carbocycles. The number of hydrogen-bond acceptors (Lipinski definition) is 3.